The molecule has 0 saturated carbocycles. The zero-order chi connectivity index (χ0) is 14.8. The molecule has 1 aliphatic rings. The first-order valence-electron chi connectivity index (χ1n) is 7.11. The third kappa shape index (κ3) is 2.97. The van der Waals surface area contributed by atoms with Crippen molar-refractivity contribution in [1.29, 1.82) is 0 Å². The first kappa shape index (κ1) is 14.2. The minimum atomic E-state index is -0.224. The molecule has 1 aromatic heterocycles. The van der Waals surface area contributed by atoms with Crippen LogP contribution in [0.5, 0.6) is 0 Å². The summed E-state index contributed by atoms with van der Waals surface area (Å²) in [6, 6.07) is 6.75. The molecule has 1 amide bonds. The van der Waals surface area contributed by atoms with E-state index in [-0.39, 0.29) is 17.8 Å². The summed E-state index contributed by atoms with van der Waals surface area (Å²) in [5.74, 6) is -0.149. The van der Waals surface area contributed by atoms with Gasteiger partial charge < -0.3 is 4.90 Å². The van der Waals surface area contributed by atoms with Gasteiger partial charge in [-0.3, -0.25) is 4.79 Å². The molecule has 1 atom stereocenters. The van der Waals surface area contributed by atoms with Crippen molar-refractivity contribution in [3.05, 3.63) is 52.3 Å². The van der Waals surface area contributed by atoms with Crippen LogP contribution in [0.25, 0.3) is 0 Å². The Hall–Kier alpha value is -1.75. The summed E-state index contributed by atoms with van der Waals surface area (Å²) in [6.45, 7) is 2.66. The van der Waals surface area contributed by atoms with Crippen molar-refractivity contribution in [3.8, 4) is 0 Å². The maximum atomic E-state index is 13.0. The van der Waals surface area contributed by atoms with Gasteiger partial charge in [0.05, 0.1) is 11.3 Å². The van der Waals surface area contributed by atoms with Crippen LogP contribution in [-0.2, 0) is 6.42 Å². The Morgan fingerprint density at radius 2 is 2.19 bits per heavy atom. The number of carbonyl (C=O) groups is 1. The number of carbonyl (C=O) groups excluding carboxylic acids is 1. The lowest BCUT2D eigenvalue weighted by atomic mass is 10.0. The van der Waals surface area contributed by atoms with E-state index in [0.29, 0.717) is 5.56 Å². The van der Waals surface area contributed by atoms with Crippen molar-refractivity contribution in [3.63, 3.8) is 0 Å². The second kappa shape index (κ2) is 5.93. The number of hydrogen-bond acceptors (Lipinski definition) is 3. The van der Waals surface area contributed by atoms with E-state index in [2.05, 4.69) is 4.37 Å². The molecule has 1 fully saturated rings. The Labute approximate surface area is 127 Å². The van der Waals surface area contributed by atoms with Gasteiger partial charge in [-0.15, -0.1) is 0 Å². The lowest BCUT2D eigenvalue weighted by molar-refractivity contribution is 0.0736. The lowest BCUT2D eigenvalue weighted by Crippen LogP contribution is -2.37. The highest BCUT2D eigenvalue weighted by atomic mass is 32.1. The molecular formula is C16H17FN2OS. The maximum absolute atomic E-state index is 13.0. The van der Waals surface area contributed by atoms with Gasteiger partial charge in [0.2, 0.25) is 0 Å². The van der Waals surface area contributed by atoms with Crippen LogP contribution in [-0.4, -0.2) is 27.8 Å². The summed E-state index contributed by atoms with van der Waals surface area (Å²) < 4.78 is 17.1. The maximum Gasteiger partial charge on any atom is 0.256 e. The van der Waals surface area contributed by atoms with Gasteiger partial charge in [-0.1, -0.05) is 12.1 Å². The quantitative estimate of drug-likeness (QED) is 0.870. The van der Waals surface area contributed by atoms with Gasteiger partial charge in [0, 0.05) is 18.0 Å². The number of halogens is 1. The lowest BCUT2D eigenvalue weighted by Gasteiger charge is -2.24. The average molecular weight is 304 g/mol. The Bertz CT molecular complexity index is 638. The number of rotatable bonds is 3. The van der Waals surface area contributed by atoms with Crippen LogP contribution in [0.2, 0.25) is 0 Å². The Morgan fingerprint density at radius 3 is 2.86 bits per heavy atom. The fourth-order valence-corrected chi connectivity index (χ4v) is 3.55. The van der Waals surface area contributed by atoms with E-state index in [4.69, 9.17) is 0 Å². The summed E-state index contributed by atoms with van der Waals surface area (Å²) in [6.07, 6.45) is 2.80. The van der Waals surface area contributed by atoms with Crippen molar-refractivity contribution in [2.24, 2.45) is 0 Å². The van der Waals surface area contributed by atoms with Crippen LogP contribution < -0.4 is 0 Å². The topological polar surface area (TPSA) is 33.2 Å². The molecule has 2 heterocycles. The molecule has 0 bridgehead atoms. The average Bonchev–Trinajstić information content (AvgIpc) is 3.10. The van der Waals surface area contributed by atoms with Gasteiger partial charge in [-0.25, -0.2) is 4.39 Å². The minimum Gasteiger partial charge on any atom is -0.335 e. The monoisotopic (exact) mass is 304 g/mol. The summed E-state index contributed by atoms with van der Waals surface area (Å²) in [5.41, 5.74) is 2.59. The molecule has 21 heavy (non-hydrogen) atoms. The van der Waals surface area contributed by atoms with E-state index in [1.807, 2.05) is 17.2 Å². The molecule has 1 unspecified atom stereocenters. The molecule has 0 aliphatic carbocycles. The number of amides is 1. The number of aromatic nitrogens is 1. The predicted molar refractivity (Wildman–Crippen MR) is 81.0 cm³/mol. The highest BCUT2D eigenvalue weighted by Crippen LogP contribution is 2.24. The minimum absolute atomic E-state index is 0.0749. The molecule has 0 spiro atoms. The summed E-state index contributed by atoms with van der Waals surface area (Å²) in [5, 5.41) is 1.82. The van der Waals surface area contributed by atoms with E-state index in [1.165, 1.54) is 23.7 Å². The summed E-state index contributed by atoms with van der Waals surface area (Å²) in [4.78, 5) is 14.6. The van der Waals surface area contributed by atoms with Gasteiger partial charge in [0.15, 0.2) is 0 Å². The van der Waals surface area contributed by atoms with Crippen LogP contribution >= 0.6 is 11.5 Å². The predicted octanol–water partition coefficient (Wildman–Crippen LogP) is 3.44. The van der Waals surface area contributed by atoms with Crippen LogP contribution in [0.4, 0.5) is 4.39 Å². The molecule has 0 radical (unpaired) electrons. The molecule has 0 N–H and O–H groups in total. The van der Waals surface area contributed by atoms with E-state index >= 15 is 0 Å². The SMILES string of the molecule is Cc1nscc1C(=O)N1CCCC1Cc1ccc(F)cc1. The largest absolute Gasteiger partial charge is 0.335 e. The van der Waals surface area contributed by atoms with Crippen molar-refractivity contribution >= 4 is 17.4 Å². The van der Waals surface area contributed by atoms with E-state index < -0.39 is 0 Å². The number of aryl methyl sites for hydroxylation is 1. The third-order valence-electron chi connectivity index (χ3n) is 4.00. The molecule has 3 nitrogen and oxygen atoms in total. The van der Waals surface area contributed by atoms with Gasteiger partial charge in [0.1, 0.15) is 5.82 Å². The van der Waals surface area contributed by atoms with Crippen LogP contribution in [0.1, 0.15) is 34.5 Å². The third-order valence-corrected chi connectivity index (χ3v) is 4.72. The summed E-state index contributed by atoms with van der Waals surface area (Å²) in [7, 11) is 0. The Balaban J connectivity index is 1.75. The molecule has 110 valence electrons. The van der Waals surface area contributed by atoms with Crippen LogP contribution in [0.15, 0.2) is 29.6 Å². The molecular weight excluding hydrogens is 287 g/mol. The van der Waals surface area contributed by atoms with E-state index in [9.17, 15) is 9.18 Å². The fourth-order valence-electron chi connectivity index (χ4n) is 2.86. The number of nitrogens with zero attached hydrogens (tertiary/aromatic N) is 2. The van der Waals surface area contributed by atoms with Crippen LogP contribution in [0, 0.1) is 12.7 Å². The van der Waals surface area contributed by atoms with Gasteiger partial charge in [0.25, 0.3) is 5.91 Å². The van der Waals surface area contributed by atoms with E-state index in [0.717, 1.165) is 37.1 Å². The standard InChI is InChI=1S/C16H17FN2OS/c1-11-15(10-21-18-11)16(20)19-8-2-3-14(19)9-12-4-6-13(17)7-5-12/h4-7,10,14H,2-3,8-9H2,1H3. The van der Waals surface area contributed by atoms with Crippen molar-refractivity contribution in [1.82, 2.24) is 9.27 Å². The van der Waals surface area contributed by atoms with E-state index in [1.54, 1.807) is 12.1 Å². The molecule has 3 rings (SSSR count). The first-order chi connectivity index (χ1) is 10.1. The van der Waals surface area contributed by atoms with Gasteiger partial charge >= 0.3 is 0 Å². The molecule has 1 saturated heterocycles. The number of likely N-dealkylation sites (tertiary alicyclic amines) is 1. The second-order valence-corrected chi connectivity index (χ2v) is 6.07. The first-order valence-corrected chi connectivity index (χ1v) is 7.95. The highest BCUT2D eigenvalue weighted by Gasteiger charge is 2.30. The fraction of sp³-hybridized carbons (Fsp3) is 0.375. The number of benzene rings is 1. The summed E-state index contributed by atoms with van der Waals surface area (Å²) >= 11 is 1.32. The zero-order valence-corrected chi connectivity index (χ0v) is 12.7. The number of hydrogen-bond donors (Lipinski definition) is 0. The zero-order valence-electron chi connectivity index (χ0n) is 11.9. The van der Waals surface area contributed by atoms with Crippen molar-refractivity contribution < 1.29 is 9.18 Å². The van der Waals surface area contributed by atoms with Gasteiger partial charge in [-0.2, -0.15) is 4.37 Å². The van der Waals surface area contributed by atoms with Crippen molar-refractivity contribution in [2.75, 3.05) is 6.54 Å². The smallest absolute Gasteiger partial charge is 0.256 e. The van der Waals surface area contributed by atoms with Crippen LogP contribution in [0.3, 0.4) is 0 Å². The second-order valence-electron chi connectivity index (χ2n) is 5.44. The molecule has 2 aromatic rings. The molecule has 5 heteroatoms. The highest BCUT2D eigenvalue weighted by molar-refractivity contribution is 7.03. The normalized spacial score (nSPS) is 18.2. The van der Waals surface area contributed by atoms with Gasteiger partial charge in [-0.05, 0) is 55.4 Å². The molecule has 1 aliphatic heterocycles. The van der Waals surface area contributed by atoms with Crippen molar-refractivity contribution in [2.45, 2.75) is 32.2 Å². The Kier molecular flexibility index (Phi) is 4.01. The Morgan fingerprint density at radius 1 is 1.43 bits per heavy atom. The molecule has 1 aromatic carbocycles.